The van der Waals surface area contributed by atoms with E-state index in [1.54, 1.807) is 30.3 Å². The van der Waals surface area contributed by atoms with Crippen LogP contribution in [-0.4, -0.2) is 22.9 Å². The van der Waals surface area contributed by atoms with Gasteiger partial charge in [-0.1, -0.05) is 30.6 Å². The summed E-state index contributed by atoms with van der Waals surface area (Å²) >= 11 is 5.77. The molecule has 1 aromatic heterocycles. The van der Waals surface area contributed by atoms with Crippen molar-refractivity contribution in [1.82, 2.24) is 5.16 Å². The Labute approximate surface area is 127 Å². The van der Waals surface area contributed by atoms with Crippen LogP contribution >= 0.6 is 11.6 Å². The molecule has 1 heterocycles. The highest BCUT2D eigenvalue weighted by molar-refractivity contribution is 6.30. The van der Waals surface area contributed by atoms with E-state index in [4.69, 9.17) is 16.1 Å². The fourth-order valence-electron chi connectivity index (χ4n) is 1.54. The zero-order chi connectivity index (χ0) is 15.5. The Morgan fingerprint density at radius 2 is 2.00 bits per heavy atom. The van der Waals surface area contributed by atoms with E-state index in [9.17, 15) is 9.90 Å². The predicted octanol–water partition coefficient (Wildman–Crippen LogP) is 3.24. The number of halogens is 1. The second kappa shape index (κ2) is 6.15. The molecule has 0 saturated heterocycles. The maximum absolute atomic E-state index is 11.8. The molecule has 0 aliphatic rings. The number of hydrogen-bond donors (Lipinski definition) is 3. The van der Waals surface area contributed by atoms with Crippen molar-refractivity contribution in [1.29, 1.82) is 0 Å². The number of aliphatic hydroxyl groups excluding tert-OH is 1. The molecule has 0 aliphatic heterocycles. The van der Waals surface area contributed by atoms with Gasteiger partial charge < -0.3 is 14.9 Å². The average Bonchev–Trinajstić information content (AvgIpc) is 2.90. The normalized spacial score (nSPS) is 11.2. The van der Waals surface area contributed by atoms with Gasteiger partial charge in [-0.3, -0.25) is 5.32 Å². The number of carbonyl (C=O) groups is 1. The minimum atomic E-state index is -0.532. The smallest absolute Gasteiger partial charge is 0.326 e. The van der Waals surface area contributed by atoms with Gasteiger partial charge in [-0.05, 0) is 24.3 Å². The molecule has 2 amide bonds. The quantitative estimate of drug-likeness (QED) is 0.809. The highest BCUT2D eigenvalue weighted by atomic mass is 35.5. The molecular formula is C14H16ClN3O3. The molecule has 7 heteroatoms. The minimum absolute atomic E-state index is 0.0735. The molecule has 0 aliphatic carbocycles. The molecule has 2 rings (SSSR count). The van der Waals surface area contributed by atoms with Crippen molar-refractivity contribution >= 4 is 29.2 Å². The summed E-state index contributed by atoms with van der Waals surface area (Å²) in [5, 5.41) is 18.9. The molecule has 3 N–H and O–H groups in total. The Kier molecular flexibility index (Phi) is 4.50. The average molecular weight is 310 g/mol. The maximum Gasteiger partial charge on any atom is 0.326 e. The van der Waals surface area contributed by atoms with Crippen LogP contribution in [0.1, 0.15) is 19.5 Å². The van der Waals surface area contributed by atoms with Crippen molar-refractivity contribution in [3.8, 4) is 0 Å². The highest BCUT2D eigenvalue weighted by Gasteiger charge is 2.24. The summed E-state index contributed by atoms with van der Waals surface area (Å²) in [5.41, 5.74) is 0.634. The van der Waals surface area contributed by atoms with Gasteiger partial charge in [-0.15, -0.1) is 0 Å². The summed E-state index contributed by atoms with van der Waals surface area (Å²) in [6.45, 7) is 3.57. The highest BCUT2D eigenvalue weighted by Crippen LogP contribution is 2.24. The molecule has 112 valence electrons. The van der Waals surface area contributed by atoms with Crippen molar-refractivity contribution in [3.05, 3.63) is 41.0 Å². The molecular weight excluding hydrogens is 294 g/mol. The molecule has 0 saturated carbocycles. The molecule has 0 spiro atoms. The molecule has 1 aromatic carbocycles. The lowest BCUT2D eigenvalue weighted by Gasteiger charge is -2.16. The SMILES string of the molecule is CC(C)(CO)c1cc(NC(=O)Nc2ccc(Cl)cc2)on1. The molecule has 0 atom stereocenters. The molecule has 2 aromatic rings. The molecule has 0 fully saturated rings. The number of amides is 2. The number of urea groups is 1. The van der Waals surface area contributed by atoms with Crippen LogP contribution in [-0.2, 0) is 5.41 Å². The van der Waals surface area contributed by atoms with Crippen LogP contribution in [0.4, 0.5) is 16.4 Å². The standard InChI is InChI=1S/C14H16ClN3O3/c1-14(2,8-19)11-7-12(21-18-11)17-13(20)16-10-5-3-9(15)4-6-10/h3-7,19H,8H2,1-2H3,(H2,16,17,20). The van der Waals surface area contributed by atoms with Crippen LogP contribution in [0, 0.1) is 0 Å². The van der Waals surface area contributed by atoms with Crippen molar-refractivity contribution in [2.75, 3.05) is 17.2 Å². The molecule has 0 radical (unpaired) electrons. The molecule has 6 nitrogen and oxygen atoms in total. The Morgan fingerprint density at radius 1 is 1.33 bits per heavy atom. The first kappa shape index (κ1) is 15.3. The summed E-state index contributed by atoms with van der Waals surface area (Å²) in [7, 11) is 0. The predicted molar refractivity (Wildman–Crippen MR) is 80.7 cm³/mol. The number of aliphatic hydroxyl groups is 1. The number of benzene rings is 1. The van der Waals surface area contributed by atoms with Gasteiger partial charge in [-0.2, -0.15) is 0 Å². The first-order chi connectivity index (χ1) is 9.90. The van der Waals surface area contributed by atoms with E-state index in [1.807, 2.05) is 13.8 Å². The first-order valence-electron chi connectivity index (χ1n) is 6.32. The van der Waals surface area contributed by atoms with Crippen LogP contribution in [0.25, 0.3) is 0 Å². The van der Waals surface area contributed by atoms with E-state index < -0.39 is 11.4 Å². The van der Waals surface area contributed by atoms with E-state index >= 15 is 0 Å². The van der Waals surface area contributed by atoms with E-state index in [0.717, 1.165) is 0 Å². The van der Waals surface area contributed by atoms with Crippen LogP contribution in [0.2, 0.25) is 5.02 Å². The fourth-order valence-corrected chi connectivity index (χ4v) is 1.67. The van der Waals surface area contributed by atoms with Gasteiger partial charge in [0, 0.05) is 22.2 Å². The second-order valence-electron chi connectivity index (χ2n) is 5.20. The van der Waals surface area contributed by atoms with Crippen LogP contribution < -0.4 is 10.6 Å². The number of aromatic nitrogens is 1. The Balaban J connectivity index is 1.98. The third kappa shape index (κ3) is 3.96. The molecule has 0 unspecified atom stereocenters. The second-order valence-corrected chi connectivity index (χ2v) is 5.64. The number of carbonyl (C=O) groups excluding carboxylic acids is 1. The summed E-state index contributed by atoms with van der Waals surface area (Å²) in [6.07, 6.45) is 0. The van der Waals surface area contributed by atoms with Crippen molar-refractivity contribution < 1.29 is 14.4 Å². The van der Waals surface area contributed by atoms with Crippen molar-refractivity contribution in [3.63, 3.8) is 0 Å². The van der Waals surface area contributed by atoms with Crippen LogP contribution in [0.3, 0.4) is 0 Å². The Bertz CT molecular complexity index is 623. The van der Waals surface area contributed by atoms with Gasteiger partial charge in [0.15, 0.2) is 0 Å². The van der Waals surface area contributed by atoms with Gasteiger partial charge in [0.1, 0.15) is 0 Å². The lowest BCUT2D eigenvalue weighted by atomic mass is 9.91. The van der Waals surface area contributed by atoms with Crippen molar-refractivity contribution in [2.45, 2.75) is 19.3 Å². The Hall–Kier alpha value is -2.05. The maximum atomic E-state index is 11.8. The van der Waals surface area contributed by atoms with E-state index in [2.05, 4.69) is 15.8 Å². The third-order valence-corrected chi connectivity index (χ3v) is 3.19. The first-order valence-corrected chi connectivity index (χ1v) is 6.70. The lowest BCUT2D eigenvalue weighted by molar-refractivity contribution is 0.210. The summed E-state index contributed by atoms with van der Waals surface area (Å²) in [4.78, 5) is 11.8. The van der Waals surface area contributed by atoms with Gasteiger partial charge in [0.05, 0.1) is 12.3 Å². The fraction of sp³-hybridized carbons (Fsp3) is 0.286. The molecule has 0 bridgehead atoms. The monoisotopic (exact) mass is 309 g/mol. The number of hydrogen-bond acceptors (Lipinski definition) is 4. The number of anilines is 2. The summed E-state index contributed by atoms with van der Waals surface area (Å²) < 4.78 is 5.03. The lowest BCUT2D eigenvalue weighted by Crippen LogP contribution is -2.22. The van der Waals surface area contributed by atoms with E-state index in [0.29, 0.717) is 16.4 Å². The number of nitrogens with zero attached hydrogens (tertiary/aromatic N) is 1. The number of rotatable bonds is 4. The minimum Gasteiger partial charge on any atom is -0.395 e. The third-order valence-electron chi connectivity index (χ3n) is 2.94. The van der Waals surface area contributed by atoms with Crippen molar-refractivity contribution in [2.24, 2.45) is 0 Å². The topological polar surface area (TPSA) is 87.4 Å². The van der Waals surface area contributed by atoms with Gasteiger partial charge >= 0.3 is 6.03 Å². The molecule has 21 heavy (non-hydrogen) atoms. The summed E-state index contributed by atoms with van der Waals surface area (Å²) in [6, 6.07) is 7.84. The Morgan fingerprint density at radius 3 is 2.62 bits per heavy atom. The van der Waals surface area contributed by atoms with Gasteiger partial charge in [-0.25, -0.2) is 4.79 Å². The van der Waals surface area contributed by atoms with E-state index in [1.165, 1.54) is 0 Å². The van der Waals surface area contributed by atoms with Gasteiger partial charge in [0.25, 0.3) is 0 Å². The summed E-state index contributed by atoms with van der Waals surface area (Å²) in [5.74, 6) is 0.206. The van der Waals surface area contributed by atoms with Crippen LogP contribution in [0.5, 0.6) is 0 Å². The van der Waals surface area contributed by atoms with E-state index in [-0.39, 0.29) is 12.5 Å². The largest absolute Gasteiger partial charge is 0.395 e. The zero-order valence-electron chi connectivity index (χ0n) is 11.7. The van der Waals surface area contributed by atoms with Gasteiger partial charge in [0.2, 0.25) is 5.88 Å². The number of nitrogens with one attached hydrogen (secondary N) is 2. The zero-order valence-corrected chi connectivity index (χ0v) is 12.4. The van der Waals surface area contributed by atoms with Crippen LogP contribution in [0.15, 0.2) is 34.9 Å².